The molecule has 0 saturated heterocycles. The van der Waals surface area contributed by atoms with Crippen LogP contribution in [0, 0.1) is 5.92 Å². The Bertz CT molecular complexity index is 973. The molecule has 1 atom stereocenters. The van der Waals surface area contributed by atoms with E-state index in [2.05, 4.69) is 34.2 Å². The third-order valence-electron chi connectivity index (χ3n) is 4.54. The van der Waals surface area contributed by atoms with E-state index in [4.69, 9.17) is 9.47 Å². The monoisotopic (exact) mass is 409 g/mol. The molecular weight excluding hydrogens is 382 g/mol. The Kier molecular flexibility index (Phi) is 7.00. The van der Waals surface area contributed by atoms with Crippen LogP contribution in [0.15, 0.2) is 49.2 Å². The van der Waals surface area contributed by atoms with Crippen LogP contribution in [0.25, 0.3) is 5.82 Å². The number of aromatic nitrogens is 4. The smallest absolute Gasteiger partial charge is 0.251 e. The molecule has 0 bridgehead atoms. The van der Waals surface area contributed by atoms with E-state index in [9.17, 15) is 4.79 Å². The van der Waals surface area contributed by atoms with Crippen molar-refractivity contribution in [2.24, 2.45) is 5.92 Å². The molecule has 3 rings (SSSR count). The molecule has 0 saturated carbocycles. The molecule has 0 spiro atoms. The van der Waals surface area contributed by atoms with Crippen molar-refractivity contribution in [3.05, 3.63) is 60.3 Å². The lowest BCUT2D eigenvalue weighted by Crippen LogP contribution is -2.32. The SMILES string of the molecule is CCOc1ccc(C(NC(=O)c2ccnc(-n3cncn3)c2)C(C)C)cc1OCC. The number of benzene rings is 1. The van der Waals surface area contributed by atoms with Gasteiger partial charge in [-0.2, -0.15) is 5.10 Å². The van der Waals surface area contributed by atoms with Crippen LogP contribution in [-0.4, -0.2) is 38.9 Å². The normalized spacial score (nSPS) is 11.9. The quantitative estimate of drug-likeness (QED) is 0.581. The molecule has 1 unspecified atom stereocenters. The van der Waals surface area contributed by atoms with E-state index in [-0.39, 0.29) is 17.9 Å². The van der Waals surface area contributed by atoms with Gasteiger partial charge < -0.3 is 14.8 Å². The van der Waals surface area contributed by atoms with Crippen molar-refractivity contribution in [3.63, 3.8) is 0 Å². The molecule has 2 heterocycles. The molecule has 0 fully saturated rings. The van der Waals surface area contributed by atoms with Crippen LogP contribution >= 0.6 is 0 Å². The minimum Gasteiger partial charge on any atom is -0.490 e. The first-order valence-electron chi connectivity index (χ1n) is 10.0. The molecule has 0 aliphatic rings. The predicted octanol–water partition coefficient (Wildman–Crippen LogP) is 3.59. The first-order chi connectivity index (χ1) is 14.5. The number of rotatable bonds is 9. The summed E-state index contributed by atoms with van der Waals surface area (Å²) in [4.78, 5) is 21.2. The maximum atomic E-state index is 13.0. The molecule has 30 heavy (non-hydrogen) atoms. The summed E-state index contributed by atoms with van der Waals surface area (Å²) in [7, 11) is 0. The summed E-state index contributed by atoms with van der Waals surface area (Å²) < 4.78 is 12.9. The molecule has 0 aliphatic heterocycles. The summed E-state index contributed by atoms with van der Waals surface area (Å²) in [5.74, 6) is 1.88. The van der Waals surface area contributed by atoms with Crippen molar-refractivity contribution in [2.75, 3.05) is 13.2 Å². The van der Waals surface area contributed by atoms with E-state index in [1.807, 2.05) is 32.0 Å². The molecular formula is C22H27N5O3. The lowest BCUT2D eigenvalue weighted by atomic mass is 9.95. The molecule has 2 aromatic heterocycles. The number of amides is 1. The molecule has 1 amide bonds. The second-order valence-electron chi connectivity index (χ2n) is 7.01. The number of pyridine rings is 1. The van der Waals surface area contributed by atoms with Crippen LogP contribution in [0.5, 0.6) is 11.5 Å². The Morgan fingerprint density at radius 1 is 1.10 bits per heavy atom. The van der Waals surface area contributed by atoms with Crippen LogP contribution in [0.1, 0.15) is 49.7 Å². The lowest BCUT2D eigenvalue weighted by Gasteiger charge is -2.24. The highest BCUT2D eigenvalue weighted by Gasteiger charge is 2.21. The highest BCUT2D eigenvalue weighted by molar-refractivity contribution is 5.94. The van der Waals surface area contributed by atoms with Crippen LogP contribution in [-0.2, 0) is 0 Å². The summed E-state index contributed by atoms with van der Waals surface area (Å²) in [5, 5.41) is 7.19. The second kappa shape index (κ2) is 9.87. The highest BCUT2D eigenvalue weighted by Crippen LogP contribution is 2.33. The third-order valence-corrected chi connectivity index (χ3v) is 4.54. The fraction of sp³-hybridized carbons (Fsp3) is 0.364. The van der Waals surface area contributed by atoms with Crippen molar-refractivity contribution in [1.29, 1.82) is 0 Å². The molecule has 158 valence electrons. The number of nitrogens with one attached hydrogen (secondary N) is 1. The highest BCUT2D eigenvalue weighted by atomic mass is 16.5. The molecule has 1 aromatic carbocycles. The lowest BCUT2D eigenvalue weighted by molar-refractivity contribution is 0.0925. The zero-order valence-corrected chi connectivity index (χ0v) is 17.7. The Morgan fingerprint density at radius 2 is 1.87 bits per heavy atom. The average molecular weight is 409 g/mol. The maximum Gasteiger partial charge on any atom is 0.251 e. The Hall–Kier alpha value is -3.42. The van der Waals surface area contributed by atoms with Crippen LogP contribution < -0.4 is 14.8 Å². The molecule has 8 heteroatoms. The summed E-state index contributed by atoms with van der Waals surface area (Å²) >= 11 is 0. The van der Waals surface area contributed by atoms with Gasteiger partial charge in [0.2, 0.25) is 0 Å². The number of carbonyl (C=O) groups is 1. The van der Waals surface area contributed by atoms with Crippen molar-refractivity contribution in [1.82, 2.24) is 25.1 Å². The van der Waals surface area contributed by atoms with Gasteiger partial charge in [-0.1, -0.05) is 19.9 Å². The van der Waals surface area contributed by atoms with Crippen molar-refractivity contribution < 1.29 is 14.3 Å². The summed E-state index contributed by atoms with van der Waals surface area (Å²) in [5.41, 5.74) is 1.45. The van der Waals surface area contributed by atoms with Gasteiger partial charge in [-0.05, 0) is 49.6 Å². The minimum atomic E-state index is -0.199. The largest absolute Gasteiger partial charge is 0.490 e. The number of ether oxygens (including phenoxy) is 2. The average Bonchev–Trinajstić information content (AvgIpc) is 3.28. The van der Waals surface area contributed by atoms with E-state index in [0.717, 1.165) is 5.56 Å². The molecule has 1 N–H and O–H groups in total. The van der Waals surface area contributed by atoms with Crippen molar-refractivity contribution in [2.45, 2.75) is 33.7 Å². The van der Waals surface area contributed by atoms with Crippen LogP contribution in [0.4, 0.5) is 0 Å². The first kappa shape index (κ1) is 21.3. The molecule has 0 aliphatic carbocycles. The van der Waals surface area contributed by atoms with Gasteiger partial charge in [-0.25, -0.2) is 14.6 Å². The van der Waals surface area contributed by atoms with Gasteiger partial charge in [0.1, 0.15) is 12.7 Å². The van der Waals surface area contributed by atoms with Gasteiger partial charge in [0.05, 0.1) is 19.3 Å². The fourth-order valence-electron chi connectivity index (χ4n) is 3.13. The standard InChI is InChI=1S/C22H27N5O3/c1-5-29-18-8-7-16(11-19(18)30-6-2)21(15(3)4)26-22(28)17-9-10-24-20(12-17)27-14-23-13-25-27/h7-15,21H,5-6H2,1-4H3,(H,26,28). The van der Waals surface area contributed by atoms with Gasteiger partial charge >= 0.3 is 0 Å². The van der Waals surface area contributed by atoms with E-state index in [1.165, 1.54) is 17.3 Å². The van der Waals surface area contributed by atoms with Gasteiger partial charge in [0.25, 0.3) is 5.91 Å². The van der Waals surface area contributed by atoms with Crippen molar-refractivity contribution >= 4 is 5.91 Å². The Labute approximate surface area is 176 Å². The number of hydrogen-bond donors (Lipinski definition) is 1. The molecule has 8 nitrogen and oxygen atoms in total. The van der Waals surface area contributed by atoms with Crippen LogP contribution in [0.3, 0.4) is 0 Å². The maximum absolute atomic E-state index is 13.0. The predicted molar refractivity (Wildman–Crippen MR) is 113 cm³/mol. The summed E-state index contributed by atoms with van der Waals surface area (Å²) in [6, 6.07) is 8.96. The Balaban J connectivity index is 1.85. The van der Waals surface area contributed by atoms with Crippen LogP contribution in [0.2, 0.25) is 0 Å². The number of hydrogen-bond acceptors (Lipinski definition) is 6. The molecule has 0 radical (unpaired) electrons. The van der Waals surface area contributed by atoms with E-state index < -0.39 is 0 Å². The first-order valence-corrected chi connectivity index (χ1v) is 10.0. The minimum absolute atomic E-state index is 0.165. The van der Waals surface area contributed by atoms with E-state index in [1.54, 1.807) is 18.3 Å². The Morgan fingerprint density at radius 3 is 2.53 bits per heavy atom. The number of carbonyl (C=O) groups excluding carboxylic acids is 1. The van der Waals surface area contributed by atoms with Gasteiger partial charge in [-0.15, -0.1) is 0 Å². The zero-order valence-electron chi connectivity index (χ0n) is 17.7. The van der Waals surface area contributed by atoms with Crippen molar-refractivity contribution in [3.8, 4) is 17.3 Å². The van der Waals surface area contributed by atoms with Gasteiger partial charge in [-0.3, -0.25) is 4.79 Å². The van der Waals surface area contributed by atoms with Gasteiger partial charge in [0, 0.05) is 11.8 Å². The fourth-order valence-corrected chi connectivity index (χ4v) is 3.13. The van der Waals surface area contributed by atoms with E-state index in [0.29, 0.717) is 36.1 Å². The zero-order chi connectivity index (χ0) is 21.5. The van der Waals surface area contributed by atoms with E-state index >= 15 is 0 Å². The van der Waals surface area contributed by atoms with Gasteiger partial charge in [0.15, 0.2) is 17.3 Å². The second-order valence-corrected chi connectivity index (χ2v) is 7.01. The summed E-state index contributed by atoms with van der Waals surface area (Å²) in [6.07, 6.45) is 4.54. The third kappa shape index (κ3) is 4.94. The molecule has 3 aromatic rings. The topological polar surface area (TPSA) is 91.2 Å². The number of nitrogens with zero attached hydrogens (tertiary/aromatic N) is 4. The summed E-state index contributed by atoms with van der Waals surface area (Å²) in [6.45, 7) is 9.08.